The molecule has 3 aromatic rings. The Morgan fingerprint density at radius 3 is 2.91 bits per heavy atom. The predicted octanol–water partition coefficient (Wildman–Crippen LogP) is 1.33. The Bertz CT molecular complexity index is 941. The number of carboxylic acid groups (broad SMARTS) is 1. The van der Waals surface area contributed by atoms with E-state index < -0.39 is 16.0 Å². The molecule has 9 heteroatoms. The van der Waals surface area contributed by atoms with E-state index in [0.717, 1.165) is 0 Å². The molecular weight excluding hydrogens is 310 g/mol. The van der Waals surface area contributed by atoms with E-state index in [1.54, 1.807) is 18.3 Å². The summed E-state index contributed by atoms with van der Waals surface area (Å²) in [6.07, 6.45) is 2.91. The molecule has 0 aliphatic carbocycles. The summed E-state index contributed by atoms with van der Waals surface area (Å²) in [5.74, 6) is -1.25. The third-order valence-electron chi connectivity index (χ3n) is 3.01. The van der Waals surface area contributed by atoms with E-state index >= 15 is 0 Å². The van der Waals surface area contributed by atoms with Crippen molar-refractivity contribution in [2.45, 2.75) is 11.4 Å². The second-order valence-corrected chi connectivity index (χ2v) is 6.18. The van der Waals surface area contributed by atoms with Gasteiger partial charge in [-0.25, -0.2) is 22.9 Å². The lowest BCUT2D eigenvalue weighted by atomic mass is 10.3. The van der Waals surface area contributed by atoms with Gasteiger partial charge in [0, 0.05) is 17.8 Å². The van der Waals surface area contributed by atoms with Crippen LogP contribution in [-0.2, 0) is 16.6 Å². The number of sulfonamides is 1. The third-order valence-corrected chi connectivity index (χ3v) is 4.45. The smallest absolute Gasteiger partial charge is 0.371 e. The van der Waals surface area contributed by atoms with Gasteiger partial charge in [0.25, 0.3) is 0 Å². The number of aromatic amines is 1. The average Bonchev–Trinajstić information content (AvgIpc) is 3.12. The lowest BCUT2D eigenvalue weighted by Crippen LogP contribution is -2.22. The zero-order valence-electron chi connectivity index (χ0n) is 11.1. The van der Waals surface area contributed by atoms with Crippen LogP contribution in [0.1, 0.15) is 16.3 Å². The second kappa shape index (κ2) is 5.28. The molecule has 114 valence electrons. The number of furan rings is 1. The highest BCUT2D eigenvalue weighted by atomic mass is 32.2. The van der Waals surface area contributed by atoms with Gasteiger partial charge in [0.15, 0.2) is 0 Å². The second-order valence-electron chi connectivity index (χ2n) is 4.45. The molecule has 0 aliphatic heterocycles. The van der Waals surface area contributed by atoms with Gasteiger partial charge in [-0.3, -0.25) is 0 Å². The summed E-state index contributed by atoms with van der Waals surface area (Å²) in [6.45, 7) is -0.150. The van der Waals surface area contributed by atoms with Gasteiger partial charge in [-0.15, -0.1) is 0 Å². The number of hydrogen-bond donors (Lipinski definition) is 3. The maximum atomic E-state index is 12.3. The summed E-state index contributed by atoms with van der Waals surface area (Å²) < 4.78 is 32.0. The van der Waals surface area contributed by atoms with Crippen molar-refractivity contribution < 1.29 is 22.7 Å². The number of aromatic carboxylic acids is 1. The van der Waals surface area contributed by atoms with Gasteiger partial charge >= 0.3 is 5.97 Å². The molecule has 0 atom stereocenters. The summed E-state index contributed by atoms with van der Waals surface area (Å²) in [6, 6.07) is 5.95. The highest BCUT2D eigenvalue weighted by Crippen LogP contribution is 2.20. The largest absolute Gasteiger partial charge is 0.475 e. The van der Waals surface area contributed by atoms with Gasteiger partial charge in [0.2, 0.25) is 15.8 Å². The van der Waals surface area contributed by atoms with Crippen LogP contribution < -0.4 is 4.72 Å². The van der Waals surface area contributed by atoms with E-state index in [4.69, 9.17) is 9.52 Å². The molecule has 0 aromatic carbocycles. The molecule has 0 radical (unpaired) electrons. The number of hydrogen-bond acceptors (Lipinski definition) is 5. The Labute approximate surface area is 124 Å². The normalized spacial score (nSPS) is 11.8. The van der Waals surface area contributed by atoms with Crippen molar-refractivity contribution in [2.24, 2.45) is 0 Å². The topological polar surface area (TPSA) is 125 Å². The molecule has 8 nitrogen and oxygen atoms in total. The van der Waals surface area contributed by atoms with Gasteiger partial charge in [-0.1, -0.05) is 0 Å². The highest BCUT2D eigenvalue weighted by Gasteiger charge is 2.20. The first-order valence-corrected chi connectivity index (χ1v) is 7.69. The summed E-state index contributed by atoms with van der Waals surface area (Å²) in [5, 5.41) is 9.22. The molecule has 0 bridgehead atoms. The molecule has 3 aromatic heterocycles. The van der Waals surface area contributed by atoms with E-state index in [9.17, 15) is 13.2 Å². The molecule has 3 rings (SSSR count). The van der Waals surface area contributed by atoms with Gasteiger partial charge in [0.1, 0.15) is 16.3 Å². The molecule has 3 N–H and O–H groups in total. The van der Waals surface area contributed by atoms with Crippen molar-refractivity contribution in [3.05, 3.63) is 48.2 Å². The summed E-state index contributed by atoms with van der Waals surface area (Å²) in [7, 11) is -3.78. The first-order chi connectivity index (χ1) is 10.5. The van der Waals surface area contributed by atoms with E-state index in [1.807, 2.05) is 0 Å². The Morgan fingerprint density at radius 1 is 1.36 bits per heavy atom. The van der Waals surface area contributed by atoms with Crippen LogP contribution in [0.15, 0.2) is 46.0 Å². The summed E-state index contributed by atoms with van der Waals surface area (Å²) in [5.41, 5.74) is 0.467. The fraction of sp³-hybridized carbons (Fsp3) is 0.0769. The molecule has 0 aliphatic rings. The van der Waals surface area contributed by atoms with Gasteiger partial charge in [-0.05, 0) is 24.3 Å². The van der Waals surface area contributed by atoms with Crippen LogP contribution in [0, 0.1) is 0 Å². The SMILES string of the molecule is O=C(O)c1ccc(CNS(=O)(=O)c2c[nH]c3ncccc23)o1. The number of carboxylic acids is 1. The first-order valence-electron chi connectivity index (χ1n) is 6.21. The maximum Gasteiger partial charge on any atom is 0.371 e. The number of aromatic nitrogens is 2. The predicted molar refractivity (Wildman–Crippen MR) is 75.8 cm³/mol. The number of pyridine rings is 1. The van der Waals surface area contributed by atoms with Crippen LogP contribution in [0.2, 0.25) is 0 Å². The zero-order valence-corrected chi connectivity index (χ0v) is 11.9. The quantitative estimate of drug-likeness (QED) is 0.651. The molecule has 22 heavy (non-hydrogen) atoms. The van der Waals surface area contributed by atoms with Crippen molar-refractivity contribution in [3.8, 4) is 0 Å². The standard InChI is InChI=1S/C13H11N3O5S/c17-13(18)10-4-3-8(21-10)6-16-22(19,20)11-7-15-12-9(11)2-1-5-14-12/h1-5,7,16H,6H2,(H,14,15)(H,17,18). The van der Waals surface area contributed by atoms with Crippen LogP contribution in [0.25, 0.3) is 11.0 Å². The third kappa shape index (κ3) is 2.59. The van der Waals surface area contributed by atoms with Gasteiger partial charge < -0.3 is 14.5 Å². The molecule has 0 amide bonds. The van der Waals surface area contributed by atoms with Crippen molar-refractivity contribution in [3.63, 3.8) is 0 Å². The van der Waals surface area contributed by atoms with Crippen LogP contribution in [0.5, 0.6) is 0 Å². The van der Waals surface area contributed by atoms with Crippen molar-refractivity contribution >= 4 is 27.0 Å². The average molecular weight is 321 g/mol. The van der Waals surface area contributed by atoms with Crippen LogP contribution in [0.3, 0.4) is 0 Å². The molecule has 3 heterocycles. The monoisotopic (exact) mass is 321 g/mol. The summed E-state index contributed by atoms with van der Waals surface area (Å²) >= 11 is 0. The van der Waals surface area contributed by atoms with Crippen molar-refractivity contribution in [1.29, 1.82) is 0 Å². The van der Waals surface area contributed by atoms with Crippen LogP contribution in [0.4, 0.5) is 0 Å². The Kier molecular flexibility index (Phi) is 3.43. The minimum atomic E-state index is -3.78. The summed E-state index contributed by atoms with van der Waals surface area (Å²) in [4.78, 5) is 17.6. The highest BCUT2D eigenvalue weighted by molar-refractivity contribution is 7.89. The van der Waals surface area contributed by atoms with Gasteiger partial charge in [-0.2, -0.15) is 0 Å². The molecule has 0 saturated heterocycles. The molecule has 0 fully saturated rings. The zero-order chi connectivity index (χ0) is 15.7. The fourth-order valence-electron chi connectivity index (χ4n) is 1.98. The van der Waals surface area contributed by atoms with E-state index in [1.165, 1.54) is 18.3 Å². The van der Waals surface area contributed by atoms with Crippen molar-refractivity contribution in [1.82, 2.24) is 14.7 Å². The molecule has 0 spiro atoms. The molecule has 0 unspecified atom stereocenters. The first kappa shape index (κ1) is 14.3. The molecule has 0 saturated carbocycles. The Balaban J connectivity index is 1.82. The molecular formula is C13H11N3O5S. The Morgan fingerprint density at radius 2 is 2.18 bits per heavy atom. The fourth-order valence-corrected chi connectivity index (χ4v) is 3.14. The van der Waals surface area contributed by atoms with Crippen LogP contribution in [-0.4, -0.2) is 29.5 Å². The van der Waals surface area contributed by atoms with E-state index in [2.05, 4.69) is 14.7 Å². The maximum absolute atomic E-state index is 12.3. The number of rotatable bonds is 5. The lowest BCUT2D eigenvalue weighted by Gasteiger charge is -2.03. The number of fused-ring (bicyclic) bond motifs is 1. The number of H-pyrrole nitrogens is 1. The van der Waals surface area contributed by atoms with E-state index in [-0.39, 0.29) is 23.0 Å². The van der Waals surface area contributed by atoms with Crippen LogP contribution >= 0.6 is 0 Å². The Hall–Kier alpha value is -2.65. The van der Waals surface area contributed by atoms with E-state index in [0.29, 0.717) is 11.0 Å². The van der Waals surface area contributed by atoms with Gasteiger partial charge in [0.05, 0.1) is 6.54 Å². The minimum absolute atomic E-state index is 0.0700. The number of nitrogens with one attached hydrogen (secondary N) is 2. The minimum Gasteiger partial charge on any atom is -0.475 e. The lowest BCUT2D eigenvalue weighted by molar-refractivity contribution is 0.0660. The van der Waals surface area contributed by atoms with Crippen molar-refractivity contribution in [2.75, 3.05) is 0 Å². The number of carbonyl (C=O) groups is 1. The number of nitrogens with zero attached hydrogens (tertiary/aromatic N) is 1.